The monoisotopic (exact) mass is 405 g/mol. The summed E-state index contributed by atoms with van der Waals surface area (Å²) in [6.07, 6.45) is 3.03. The molecular weight excluding hydrogens is 382 g/mol. The summed E-state index contributed by atoms with van der Waals surface area (Å²) in [4.78, 5) is 23.8. The molecule has 2 heterocycles. The second kappa shape index (κ2) is 8.37. The number of fused-ring (bicyclic) bond motifs is 3. The maximum Gasteiger partial charge on any atom is 0.341 e. The minimum atomic E-state index is -1.21. The first kappa shape index (κ1) is 20.4. The minimum Gasteiger partial charge on any atom is -0.490 e. The largest absolute Gasteiger partial charge is 0.490 e. The molecule has 150 valence electrons. The maximum atomic E-state index is 12.3. The molecule has 1 aliphatic rings. The van der Waals surface area contributed by atoms with Gasteiger partial charge in [-0.05, 0) is 36.5 Å². The molecule has 0 bridgehead atoms. The Labute approximate surface area is 168 Å². The number of aromatic carboxylic acids is 1. The summed E-state index contributed by atoms with van der Waals surface area (Å²) in [5, 5.41) is 9.80. The van der Waals surface area contributed by atoms with Crippen LogP contribution in [-0.4, -0.2) is 36.0 Å². The van der Waals surface area contributed by atoms with E-state index in [0.29, 0.717) is 42.0 Å². The van der Waals surface area contributed by atoms with Crippen LogP contribution in [0, 0.1) is 5.92 Å². The first-order valence-electron chi connectivity index (χ1n) is 9.25. The van der Waals surface area contributed by atoms with E-state index in [1.165, 1.54) is 12.3 Å². The Morgan fingerprint density at radius 3 is 2.71 bits per heavy atom. The normalized spacial score (nSPS) is 15.2. The molecule has 1 atom stereocenters. The number of aromatic nitrogens is 1. The highest BCUT2D eigenvalue weighted by Gasteiger charge is 2.27. The molecule has 0 saturated carbocycles. The predicted molar refractivity (Wildman–Crippen MR) is 108 cm³/mol. The van der Waals surface area contributed by atoms with Gasteiger partial charge >= 0.3 is 5.97 Å². The fourth-order valence-corrected chi connectivity index (χ4v) is 3.89. The van der Waals surface area contributed by atoms with Gasteiger partial charge in [0.2, 0.25) is 0 Å². The van der Waals surface area contributed by atoms with Crippen LogP contribution in [0.4, 0.5) is 0 Å². The van der Waals surface area contributed by atoms with Crippen LogP contribution in [0.25, 0.3) is 11.3 Å². The molecule has 1 unspecified atom stereocenters. The lowest BCUT2D eigenvalue weighted by Crippen LogP contribution is -2.26. The quantitative estimate of drug-likeness (QED) is 0.703. The van der Waals surface area contributed by atoms with E-state index in [1.54, 1.807) is 13.2 Å². The highest BCUT2D eigenvalue weighted by molar-refractivity contribution is 6.32. The van der Waals surface area contributed by atoms with Gasteiger partial charge < -0.3 is 19.1 Å². The van der Waals surface area contributed by atoms with E-state index in [0.717, 1.165) is 17.5 Å². The lowest BCUT2D eigenvalue weighted by molar-refractivity contribution is 0.0694. The zero-order chi connectivity index (χ0) is 20.4. The topological polar surface area (TPSA) is 77.8 Å². The number of carboxylic acids is 1. The summed E-state index contributed by atoms with van der Waals surface area (Å²) in [7, 11) is 1.61. The molecular formula is C21H24ClNO5. The number of rotatable bonds is 7. The summed E-state index contributed by atoms with van der Waals surface area (Å²) < 4.78 is 12.6. The zero-order valence-electron chi connectivity index (χ0n) is 16.2. The first-order chi connectivity index (χ1) is 13.3. The lowest BCUT2D eigenvalue weighted by Gasteiger charge is -2.32. The van der Waals surface area contributed by atoms with Crippen LogP contribution in [0.5, 0.6) is 5.75 Å². The van der Waals surface area contributed by atoms with Crippen LogP contribution in [0.2, 0.25) is 5.02 Å². The Kier molecular flexibility index (Phi) is 6.10. The van der Waals surface area contributed by atoms with Crippen molar-refractivity contribution in [3.63, 3.8) is 0 Å². The number of pyridine rings is 1. The number of carbonyl (C=O) groups is 1. The van der Waals surface area contributed by atoms with Gasteiger partial charge in [-0.1, -0.05) is 25.4 Å². The van der Waals surface area contributed by atoms with Crippen molar-refractivity contribution in [3.05, 3.63) is 50.8 Å². The smallest absolute Gasteiger partial charge is 0.341 e. The Bertz CT molecular complexity index is 951. The van der Waals surface area contributed by atoms with Crippen molar-refractivity contribution in [2.24, 2.45) is 5.92 Å². The second-order valence-electron chi connectivity index (χ2n) is 7.42. The van der Waals surface area contributed by atoms with E-state index in [1.807, 2.05) is 10.6 Å². The number of hydrogen-bond donors (Lipinski definition) is 1. The molecule has 0 saturated heterocycles. The van der Waals surface area contributed by atoms with Gasteiger partial charge in [-0.15, -0.1) is 0 Å². The molecule has 0 fully saturated rings. The Balaban J connectivity index is 2.12. The summed E-state index contributed by atoms with van der Waals surface area (Å²) in [6.45, 7) is 5.09. The number of ether oxygens (including phenoxy) is 2. The van der Waals surface area contributed by atoms with Crippen LogP contribution in [0.15, 0.2) is 29.2 Å². The number of nitrogens with zero attached hydrogens (tertiary/aromatic N) is 1. The second-order valence-corrected chi connectivity index (χ2v) is 7.82. The van der Waals surface area contributed by atoms with Crippen molar-refractivity contribution in [3.8, 4) is 17.0 Å². The highest BCUT2D eigenvalue weighted by Crippen LogP contribution is 2.41. The fourth-order valence-electron chi connectivity index (χ4n) is 3.67. The van der Waals surface area contributed by atoms with E-state index < -0.39 is 11.4 Å². The van der Waals surface area contributed by atoms with Crippen LogP contribution in [0.1, 0.15) is 42.2 Å². The van der Waals surface area contributed by atoms with Gasteiger partial charge in [-0.3, -0.25) is 4.79 Å². The van der Waals surface area contributed by atoms with Gasteiger partial charge in [0.15, 0.2) is 5.43 Å². The molecule has 6 nitrogen and oxygen atoms in total. The third-order valence-corrected chi connectivity index (χ3v) is 5.18. The molecule has 0 aliphatic carbocycles. The number of methoxy groups -OCH3 is 1. The third-order valence-electron chi connectivity index (χ3n) is 4.88. The summed E-state index contributed by atoms with van der Waals surface area (Å²) in [5.41, 5.74) is 1.83. The van der Waals surface area contributed by atoms with Crippen molar-refractivity contribution in [1.29, 1.82) is 0 Å². The maximum absolute atomic E-state index is 12.3. The molecule has 1 aromatic carbocycles. The summed E-state index contributed by atoms with van der Waals surface area (Å²) in [6, 6.07) is 5.15. The van der Waals surface area contributed by atoms with Crippen LogP contribution in [-0.2, 0) is 11.2 Å². The van der Waals surface area contributed by atoms with Crippen molar-refractivity contribution in [2.45, 2.75) is 32.7 Å². The average Bonchev–Trinajstić information content (AvgIpc) is 2.62. The molecule has 0 amide bonds. The summed E-state index contributed by atoms with van der Waals surface area (Å²) >= 11 is 6.40. The van der Waals surface area contributed by atoms with E-state index in [9.17, 15) is 14.7 Å². The molecule has 1 aliphatic heterocycles. The minimum absolute atomic E-state index is 0.0502. The van der Waals surface area contributed by atoms with Crippen molar-refractivity contribution < 1.29 is 19.4 Å². The molecule has 28 heavy (non-hydrogen) atoms. The van der Waals surface area contributed by atoms with Crippen molar-refractivity contribution in [2.75, 3.05) is 20.3 Å². The van der Waals surface area contributed by atoms with Gasteiger partial charge in [-0.25, -0.2) is 4.79 Å². The number of hydrogen-bond acceptors (Lipinski definition) is 4. The van der Waals surface area contributed by atoms with E-state index >= 15 is 0 Å². The Morgan fingerprint density at radius 1 is 1.32 bits per heavy atom. The summed E-state index contributed by atoms with van der Waals surface area (Å²) in [5.74, 6) is -0.218. The molecule has 2 aromatic rings. The first-order valence-corrected chi connectivity index (χ1v) is 9.63. The SMILES string of the molecule is COCCOc1cc2c(cc1Cl)-c1cc(=O)c(C(=O)O)cn1C(CC(C)C)C2. The van der Waals surface area contributed by atoms with Gasteiger partial charge in [0.1, 0.15) is 17.9 Å². The standard InChI is InChI=1S/C21H24ClNO5/c1-12(2)6-14-7-13-8-20(28-5-4-27-3)17(22)9-15(13)18-10-19(24)16(21(25)26)11-23(14)18/h8-12,14H,4-7H2,1-3H3,(H,25,26). The molecule has 1 aromatic heterocycles. The Hall–Kier alpha value is -2.31. The zero-order valence-corrected chi connectivity index (χ0v) is 17.0. The van der Waals surface area contributed by atoms with Crippen LogP contribution < -0.4 is 10.2 Å². The molecule has 1 N–H and O–H groups in total. The average molecular weight is 406 g/mol. The number of benzene rings is 1. The van der Waals surface area contributed by atoms with Crippen LogP contribution in [0.3, 0.4) is 0 Å². The van der Waals surface area contributed by atoms with Gasteiger partial charge in [-0.2, -0.15) is 0 Å². The lowest BCUT2D eigenvalue weighted by atomic mass is 9.88. The third kappa shape index (κ3) is 4.08. The molecule has 0 spiro atoms. The molecule has 7 heteroatoms. The van der Waals surface area contributed by atoms with Gasteiger partial charge in [0.25, 0.3) is 0 Å². The van der Waals surface area contributed by atoms with Gasteiger partial charge in [0, 0.05) is 31.0 Å². The van der Waals surface area contributed by atoms with Crippen molar-refractivity contribution in [1.82, 2.24) is 4.57 Å². The highest BCUT2D eigenvalue weighted by atomic mass is 35.5. The van der Waals surface area contributed by atoms with E-state index in [4.69, 9.17) is 21.1 Å². The molecule has 3 rings (SSSR count). The molecule has 0 radical (unpaired) electrons. The van der Waals surface area contributed by atoms with Gasteiger partial charge in [0.05, 0.1) is 17.3 Å². The fraction of sp³-hybridized carbons (Fsp3) is 0.429. The predicted octanol–water partition coefficient (Wildman–Crippen LogP) is 4.04. The number of halogens is 1. The number of carboxylic acid groups (broad SMARTS) is 1. The van der Waals surface area contributed by atoms with Crippen LogP contribution >= 0.6 is 11.6 Å². The van der Waals surface area contributed by atoms with E-state index in [2.05, 4.69) is 13.8 Å². The Morgan fingerprint density at radius 2 is 2.07 bits per heavy atom. The van der Waals surface area contributed by atoms with Crippen molar-refractivity contribution >= 4 is 17.6 Å². The van der Waals surface area contributed by atoms with E-state index in [-0.39, 0.29) is 11.6 Å².